The minimum Gasteiger partial charge on any atom is -0.396 e. The molecule has 1 aliphatic rings. The number of hydrogen-bond donors (Lipinski definition) is 2. The van der Waals surface area contributed by atoms with Crippen molar-refractivity contribution in [1.29, 1.82) is 0 Å². The Bertz CT molecular complexity index is 548. The second-order valence-corrected chi connectivity index (χ2v) is 7.68. The van der Waals surface area contributed by atoms with Crippen LogP contribution >= 0.6 is 0 Å². The molecule has 1 saturated carbocycles. The SMILES string of the molecule is Cc1ccccc1CS(=O)(=O)NCC1(CO)CCCC1. The minimum atomic E-state index is -3.35. The van der Waals surface area contributed by atoms with Gasteiger partial charge in [-0.25, -0.2) is 13.1 Å². The summed E-state index contributed by atoms with van der Waals surface area (Å²) in [6.45, 7) is 2.31. The summed E-state index contributed by atoms with van der Waals surface area (Å²) in [6, 6.07) is 7.51. The highest BCUT2D eigenvalue weighted by atomic mass is 32.2. The largest absolute Gasteiger partial charge is 0.396 e. The van der Waals surface area contributed by atoms with Crippen molar-refractivity contribution in [3.05, 3.63) is 35.4 Å². The van der Waals surface area contributed by atoms with Crippen LogP contribution in [0.1, 0.15) is 36.8 Å². The van der Waals surface area contributed by atoms with Crippen molar-refractivity contribution in [1.82, 2.24) is 4.72 Å². The van der Waals surface area contributed by atoms with Crippen LogP contribution in [0.2, 0.25) is 0 Å². The lowest BCUT2D eigenvalue weighted by atomic mass is 9.88. The van der Waals surface area contributed by atoms with Crippen molar-refractivity contribution < 1.29 is 13.5 Å². The van der Waals surface area contributed by atoms with Crippen LogP contribution in [0.4, 0.5) is 0 Å². The number of aliphatic hydroxyl groups excluding tert-OH is 1. The topological polar surface area (TPSA) is 66.4 Å². The smallest absolute Gasteiger partial charge is 0.215 e. The lowest BCUT2D eigenvalue weighted by molar-refractivity contribution is 0.134. The Balaban J connectivity index is 1.99. The maximum absolute atomic E-state index is 12.2. The van der Waals surface area contributed by atoms with E-state index < -0.39 is 10.0 Å². The molecule has 1 aromatic rings. The summed E-state index contributed by atoms with van der Waals surface area (Å²) in [5.41, 5.74) is 1.55. The number of aliphatic hydroxyl groups is 1. The molecule has 2 N–H and O–H groups in total. The number of benzene rings is 1. The van der Waals surface area contributed by atoms with Gasteiger partial charge in [0.1, 0.15) is 0 Å². The van der Waals surface area contributed by atoms with Crippen LogP contribution < -0.4 is 4.72 Å². The van der Waals surface area contributed by atoms with Gasteiger partial charge in [0.15, 0.2) is 0 Å². The second-order valence-electron chi connectivity index (χ2n) is 5.87. The molecule has 0 spiro atoms. The van der Waals surface area contributed by atoms with Gasteiger partial charge in [0.2, 0.25) is 10.0 Å². The first-order valence-electron chi connectivity index (χ1n) is 7.09. The van der Waals surface area contributed by atoms with E-state index in [1.165, 1.54) is 0 Å². The Morgan fingerprint density at radius 2 is 1.90 bits per heavy atom. The van der Waals surface area contributed by atoms with E-state index >= 15 is 0 Å². The molecule has 20 heavy (non-hydrogen) atoms. The van der Waals surface area contributed by atoms with E-state index in [1.807, 2.05) is 31.2 Å². The molecular weight excluding hydrogens is 274 g/mol. The highest BCUT2D eigenvalue weighted by Gasteiger charge is 2.34. The predicted octanol–water partition coefficient (Wildman–Crippen LogP) is 1.97. The quantitative estimate of drug-likeness (QED) is 0.843. The van der Waals surface area contributed by atoms with Gasteiger partial charge in [0.05, 0.1) is 5.75 Å². The summed E-state index contributed by atoms with van der Waals surface area (Å²) in [5.74, 6) is 0.00117. The summed E-state index contributed by atoms with van der Waals surface area (Å²) < 4.78 is 27.0. The molecule has 2 rings (SSSR count). The molecule has 0 radical (unpaired) electrons. The van der Waals surface area contributed by atoms with Crippen LogP contribution in [-0.4, -0.2) is 26.7 Å². The van der Waals surface area contributed by atoms with Crippen LogP contribution in [0.15, 0.2) is 24.3 Å². The van der Waals surface area contributed by atoms with Crippen LogP contribution in [0.25, 0.3) is 0 Å². The van der Waals surface area contributed by atoms with Gasteiger partial charge in [-0.1, -0.05) is 37.1 Å². The van der Waals surface area contributed by atoms with Crippen molar-refractivity contribution in [3.8, 4) is 0 Å². The normalized spacial score (nSPS) is 18.3. The van der Waals surface area contributed by atoms with Crippen molar-refractivity contribution in [2.75, 3.05) is 13.2 Å². The highest BCUT2D eigenvalue weighted by Crippen LogP contribution is 2.37. The zero-order valence-electron chi connectivity index (χ0n) is 11.9. The Morgan fingerprint density at radius 1 is 1.25 bits per heavy atom. The van der Waals surface area contributed by atoms with Gasteiger partial charge in [-0.3, -0.25) is 0 Å². The van der Waals surface area contributed by atoms with Crippen LogP contribution in [0.5, 0.6) is 0 Å². The predicted molar refractivity (Wildman–Crippen MR) is 79.8 cm³/mol. The highest BCUT2D eigenvalue weighted by molar-refractivity contribution is 7.88. The molecule has 0 bridgehead atoms. The van der Waals surface area contributed by atoms with Crippen LogP contribution in [0, 0.1) is 12.3 Å². The molecule has 4 nitrogen and oxygen atoms in total. The number of sulfonamides is 1. The first-order chi connectivity index (χ1) is 9.46. The Labute approximate surface area is 121 Å². The molecule has 0 amide bonds. The first kappa shape index (κ1) is 15.5. The molecule has 0 heterocycles. The van der Waals surface area contributed by atoms with Gasteiger partial charge in [-0.15, -0.1) is 0 Å². The molecule has 0 aromatic heterocycles. The number of rotatable bonds is 6. The van der Waals surface area contributed by atoms with Gasteiger partial charge >= 0.3 is 0 Å². The molecule has 5 heteroatoms. The molecule has 1 aliphatic carbocycles. The third-order valence-electron chi connectivity index (χ3n) is 4.27. The summed E-state index contributed by atoms with van der Waals surface area (Å²) in [6.07, 6.45) is 3.94. The molecule has 0 aliphatic heterocycles. The van der Waals surface area contributed by atoms with Crippen molar-refractivity contribution in [2.24, 2.45) is 5.41 Å². The van der Waals surface area contributed by atoms with Gasteiger partial charge < -0.3 is 5.11 Å². The maximum atomic E-state index is 12.2. The van der Waals surface area contributed by atoms with Crippen molar-refractivity contribution in [3.63, 3.8) is 0 Å². The fourth-order valence-corrected chi connectivity index (χ4v) is 4.17. The molecule has 112 valence electrons. The standard InChI is InChI=1S/C15H23NO3S/c1-13-6-2-3-7-14(13)10-20(18,19)16-11-15(12-17)8-4-5-9-15/h2-3,6-7,16-17H,4-5,8-12H2,1H3. The zero-order chi connectivity index (χ0) is 14.6. The summed E-state index contributed by atoms with van der Waals surface area (Å²) in [5, 5.41) is 9.51. The molecule has 1 aromatic carbocycles. The zero-order valence-corrected chi connectivity index (χ0v) is 12.7. The van der Waals surface area contributed by atoms with Crippen LogP contribution in [-0.2, 0) is 15.8 Å². The summed E-state index contributed by atoms with van der Waals surface area (Å²) in [4.78, 5) is 0. The minimum absolute atomic E-state index is 0.00117. The average molecular weight is 297 g/mol. The van der Waals surface area contributed by atoms with Crippen molar-refractivity contribution >= 4 is 10.0 Å². The van der Waals surface area contributed by atoms with E-state index in [4.69, 9.17) is 0 Å². The van der Waals surface area contributed by atoms with Gasteiger partial charge in [0, 0.05) is 18.6 Å². The molecule has 0 atom stereocenters. The van der Waals surface area contributed by atoms with E-state index in [-0.39, 0.29) is 17.8 Å². The van der Waals surface area contributed by atoms with Gasteiger partial charge in [-0.05, 0) is 30.9 Å². The van der Waals surface area contributed by atoms with Gasteiger partial charge in [0.25, 0.3) is 0 Å². The fraction of sp³-hybridized carbons (Fsp3) is 0.600. The Kier molecular flexibility index (Phi) is 4.83. The third kappa shape index (κ3) is 3.81. The monoisotopic (exact) mass is 297 g/mol. The Morgan fingerprint density at radius 3 is 2.50 bits per heavy atom. The number of nitrogens with one attached hydrogen (secondary N) is 1. The summed E-state index contributed by atoms with van der Waals surface area (Å²) >= 11 is 0. The molecule has 0 saturated heterocycles. The Hall–Kier alpha value is -0.910. The first-order valence-corrected chi connectivity index (χ1v) is 8.74. The summed E-state index contributed by atoms with van der Waals surface area (Å²) in [7, 11) is -3.35. The van der Waals surface area contributed by atoms with Crippen molar-refractivity contribution in [2.45, 2.75) is 38.4 Å². The van der Waals surface area contributed by atoms with E-state index in [0.29, 0.717) is 6.54 Å². The van der Waals surface area contributed by atoms with E-state index in [0.717, 1.165) is 36.8 Å². The lowest BCUT2D eigenvalue weighted by Crippen LogP contribution is -2.38. The lowest BCUT2D eigenvalue weighted by Gasteiger charge is -2.26. The molecule has 0 unspecified atom stereocenters. The fourth-order valence-electron chi connectivity index (χ4n) is 2.81. The van der Waals surface area contributed by atoms with Gasteiger partial charge in [-0.2, -0.15) is 0 Å². The maximum Gasteiger partial charge on any atom is 0.215 e. The van der Waals surface area contributed by atoms with E-state index in [2.05, 4.69) is 4.72 Å². The average Bonchev–Trinajstić information content (AvgIpc) is 2.89. The second kappa shape index (κ2) is 6.24. The number of aryl methyl sites for hydroxylation is 1. The molecule has 1 fully saturated rings. The molecular formula is C15H23NO3S. The van der Waals surface area contributed by atoms with E-state index in [1.54, 1.807) is 0 Å². The van der Waals surface area contributed by atoms with Crippen LogP contribution in [0.3, 0.4) is 0 Å². The number of hydrogen-bond acceptors (Lipinski definition) is 3. The third-order valence-corrected chi connectivity index (χ3v) is 5.55. The van der Waals surface area contributed by atoms with E-state index in [9.17, 15) is 13.5 Å².